The zero-order valence-corrected chi connectivity index (χ0v) is 18.3. The molecule has 1 aromatic heterocycles. The van der Waals surface area contributed by atoms with Gasteiger partial charge in [0.05, 0.1) is 11.1 Å². The molecule has 3 aromatic rings. The molecule has 2 aromatic carbocycles. The predicted molar refractivity (Wildman–Crippen MR) is 124 cm³/mol. The minimum absolute atomic E-state index is 0.204. The Morgan fingerprint density at radius 2 is 1.97 bits per heavy atom. The van der Waals surface area contributed by atoms with Crippen molar-refractivity contribution in [2.24, 2.45) is 5.10 Å². The first-order valence-corrected chi connectivity index (χ1v) is 11.8. The zero-order valence-electron chi connectivity index (χ0n) is 16.6. The average Bonchev–Trinajstić information content (AvgIpc) is 3.17. The maximum Gasteiger partial charge on any atom is 0.243 e. The van der Waals surface area contributed by atoms with Gasteiger partial charge in [-0.15, -0.1) is 0 Å². The molecule has 0 spiro atoms. The SMILES string of the molecule is O=S(=O)(c1ccc2[nH]cc(/C=N/NC(=S)Nc3cccc(F)c3)c2c1)N1CCCCC1. The first-order valence-electron chi connectivity index (χ1n) is 9.90. The van der Waals surface area contributed by atoms with E-state index in [0.29, 0.717) is 24.3 Å². The molecular weight excluding hydrogens is 437 g/mol. The summed E-state index contributed by atoms with van der Waals surface area (Å²) < 4.78 is 40.8. The van der Waals surface area contributed by atoms with Gasteiger partial charge in [-0.3, -0.25) is 5.43 Å². The Hall–Kier alpha value is -2.82. The smallest absolute Gasteiger partial charge is 0.243 e. The van der Waals surface area contributed by atoms with Gasteiger partial charge in [0.1, 0.15) is 5.82 Å². The van der Waals surface area contributed by atoms with E-state index in [1.165, 1.54) is 12.1 Å². The monoisotopic (exact) mass is 459 g/mol. The fourth-order valence-electron chi connectivity index (χ4n) is 3.53. The van der Waals surface area contributed by atoms with Crippen LogP contribution in [0.4, 0.5) is 10.1 Å². The predicted octanol–water partition coefficient (Wildman–Crippen LogP) is 3.80. The standard InChI is InChI=1S/C21H22FN5O2S2/c22-16-5-4-6-17(11-16)25-21(30)26-24-14-15-13-23-20-8-7-18(12-19(15)20)31(28,29)27-9-2-1-3-10-27/h4-8,11-14,23H,1-3,9-10H2,(H2,25,26,30)/b24-14+. The van der Waals surface area contributed by atoms with E-state index < -0.39 is 10.0 Å². The van der Waals surface area contributed by atoms with Gasteiger partial charge in [-0.05, 0) is 61.5 Å². The molecule has 0 saturated carbocycles. The minimum Gasteiger partial charge on any atom is -0.361 e. The van der Waals surface area contributed by atoms with Crippen molar-refractivity contribution in [3.8, 4) is 0 Å². The van der Waals surface area contributed by atoms with Crippen LogP contribution in [0.1, 0.15) is 24.8 Å². The van der Waals surface area contributed by atoms with Crippen molar-refractivity contribution in [2.75, 3.05) is 18.4 Å². The number of thiocarbonyl (C=S) groups is 1. The highest BCUT2D eigenvalue weighted by Crippen LogP contribution is 2.25. The third-order valence-electron chi connectivity index (χ3n) is 5.09. The summed E-state index contributed by atoms with van der Waals surface area (Å²) in [5.74, 6) is -0.370. The van der Waals surface area contributed by atoms with Crippen molar-refractivity contribution in [1.29, 1.82) is 0 Å². The molecule has 31 heavy (non-hydrogen) atoms. The number of benzene rings is 2. The summed E-state index contributed by atoms with van der Waals surface area (Å²) in [7, 11) is -3.52. The fourth-order valence-corrected chi connectivity index (χ4v) is 5.24. The van der Waals surface area contributed by atoms with Gasteiger partial charge in [0.15, 0.2) is 5.11 Å². The van der Waals surface area contributed by atoms with Crippen LogP contribution in [-0.4, -0.2) is 42.1 Å². The third kappa shape index (κ3) is 4.92. The minimum atomic E-state index is -3.52. The quantitative estimate of drug-likeness (QED) is 0.307. The lowest BCUT2D eigenvalue weighted by Gasteiger charge is -2.25. The van der Waals surface area contributed by atoms with Crippen molar-refractivity contribution >= 4 is 50.2 Å². The molecule has 1 aliphatic rings. The molecular formula is C21H22FN5O2S2. The van der Waals surface area contributed by atoms with E-state index >= 15 is 0 Å². The number of fused-ring (bicyclic) bond motifs is 1. The second-order valence-electron chi connectivity index (χ2n) is 7.25. The summed E-state index contributed by atoms with van der Waals surface area (Å²) in [5.41, 5.74) is 4.70. The molecule has 1 fully saturated rings. The maximum atomic E-state index is 13.3. The van der Waals surface area contributed by atoms with Crippen LogP contribution in [0.15, 0.2) is 58.7 Å². The highest BCUT2D eigenvalue weighted by atomic mass is 32.2. The highest BCUT2D eigenvalue weighted by Gasteiger charge is 2.26. The fraction of sp³-hybridized carbons (Fsp3) is 0.238. The van der Waals surface area contributed by atoms with Crippen LogP contribution in [-0.2, 0) is 10.0 Å². The van der Waals surface area contributed by atoms with Gasteiger partial charge in [-0.25, -0.2) is 12.8 Å². The number of anilines is 1. The number of aromatic amines is 1. The maximum absolute atomic E-state index is 13.3. The molecule has 2 heterocycles. The molecule has 7 nitrogen and oxygen atoms in total. The molecule has 0 amide bonds. The number of halogens is 1. The molecule has 0 aliphatic carbocycles. The van der Waals surface area contributed by atoms with E-state index in [9.17, 15) is 12.8 Å². The number of sulfonamides is 1. The van der Waals surface area contributed by atoms with Crippen LogP contribution in [0, 0.1) is 5.82 Å². The summed E-state index contributed by atoms with van der Waals surface area (Å²) in [6, 6.07) is 11.0. The van der Waals surface area contributed by atoms with E-state index in [2.05, 4.69) is 20.8 Å². The van der Waals surface area contributed by atoms with Crippen molar-refractivity contribution in [1.82, 2.24) is 14.7 Å². The van der Waals surface area contributed by atoms with Crippen molar-refractivity contribution < 1.29 is 12.8 Å². The average molecular weight is 460 g/mol. The first kappa shape index (κ1) is 21.4. The van der Waals surface area contributed by atoms with E-state index in [1.54, 1.807) is 47.0 Å². The van der Waals surface area contributed by atoms with E-state index in [-0.39, 0.29) is 15.8 Å². The first-order chi connectivity index (χ1) is 14.9. The molecule has 10 heteroatoms. The molecule has 4 rings (SSSR count). The third-order valence-corrected chi connectivity index (χ3v) is 7.18. The lowest BCUT2D eigenvalue weighted by molar-refractivity contribution is 0.346. The number of nitrogens with zero attached hydrogens (tertiary/aromatic N) is 2. The summed E-state index contributed by atoms with van der Waals surface area (Å²) in [6.45, 7) is 1.11. The zero-order chi connectivity index (χ0) is 21.8. The summed E-state index contributed by atoms with van der Waals surface area (Å²) in [6.07, 6.45) is 6.13. The molecule has 1 aliphatic heterocycles. The molecule has 162 valence electrons. The Balaban J connectivity index is 1.49. The van der Waals surface area contributed by atoms with Crippen LogP contribution >= 0.6 is 12.2 Å². The number of hydrogen-bond donors (Lipinski definition) is 3. The number of hydrogen-bond acceptors (Lipinski definition) is 4. The number of hydrazone groups is 1. The van der Waals surface area contributed by atoms with Crippen molar-refractivity contribution in [3.63, 3.8) is 0 Å². The van der Waals surface area contributed by atoms with Crippen LogP contribution in [0.25, 0.3) is 10.9 Å². The Bertz CT molecular complexity index is 1230. The Labute approximate surface area is 185 Å². The van der Waals surface area contributed by atoms with Crippen LogP contribution < -0.4 is 10.7 Å². The Kier molecular flexibility index (Phi) is 6.30. The second kappa shape index (κ2) is 9.13. The van der Waals surface area contributed by atoms with Gasteiger partial charge in [0, 0.05) is 41.4 Å². The molecule has 0 atom stereocenters. The molecule has 0 bridgehead atoms. The van der Waals surface area contributed by atoms with Crippen LogP contribution in [0.2, 0.25) is 0 Å². The number of aromatic nitrogens is 1. The van der Waals surface area contributed by atoms with Gasteiger partial charge in [-0.1, -0.05) is 12.5 Å². The Morgan fingerprint density at radius 1 is 1.16 bits per heavy atom. The van der Waals surface area contributed by atoms with E-state index in [1.807, 2.05) is 0 Å². The molecule has 3 N–H and O–H groups in total. The summed E-state index contributed by atoms with van der Waals surface area (Å²) in [5, 5.41) is 7.90. The van der Waals surface area contributed by atoms with Gasteiger partial charge >= 0.3 is 0 Å². The number of rotatable bonds is 5. The summed E-state index contributed by atoms with van der Waals surface area (Å²) in [4.78, 5) is 3.38. The summed E-state index contributed by atoms with van der Waals surface area (Å²) >= 11 is 5.16. The van der Waals surface area contributed by atoms with Crippen LogP contribution in [0.3, 0.4) is 0 Å². The van der Waals surface area contributed by atoms with Gasteiger partial charge in [0.2, 0.25) is 10.0 Å². The molecule has 1 saturated heterocycles. The number of H-pyrrole nitrogens is 1. The Morgan fingerprint density at radius 3 is 2.74 bits per heavy atom. The van der Waals surface area contributed by atoms with Crippen LogP contribution in [0.5, 0.6) is 0 Å². The number of piperidine rings is 1. The normalized spacial score (nSPS) is 15.4. The number of nitrogens with one attached hydrogen (secondary N) is 3. The lowest BCUT2D eigenvalue weighted by Crippen LogP contribution is -2.35. The lowest BCUT2D eigenvalue weighted by atomic mass is 10.2. The topological polar surface area (TPSA) is 89.6 Å². The van der Waals surface area contributed by atoms with Gasteiger partial charge < -0.3 is 10.3 Å². The molecule has 0 unspecified atom stereocenters. The van der Waals surface area contributed by atoms with Crippen molar-refractivity contribution in [3.05, 3.63) is 60.0 Å². The second-order valence-corrected chi connectivity index (χ2v) is 9.60. The molecule has 0 radical (unpaired) electrons. The van der Waals surface area contributed by atoms with Gasteiger partial charge in [-0.2, -0.15) is 9.41 Å². The van der Waals surface area contributed by atoms with E-state index in [4.69, 9.17) is 12.2 Å². The largest absolute Gasteiger partial charge is 0.361 e. The van der Waals surface area contributed by atoms with Crippen molar-refractivity contribution in [2.45, 2.75) is 24.2 Å². The highest BCUT2D eigenvalue weighted by molar-refractivity contribution is 7.89. The van der Waals surface area contributed by atoms with E-state index in [0.717, 1.165) is 30.2 Å². The van der Waals surface area contributed by atoms with Gasteiger partial charge in [0.25, 0.3) is 0 Å².